The van der Waals surface area contributed by atoms with Crippen molar-refractivity contribution in [3.63, 3.8) is 0 Å². The number of rotatable bonds is 3. The summed E-state index contributed by atoms with van der Waals surface area (Å²) in [5.74, 6) is 4.18. The normalized spacial score (nSPS) is 38.2. The lowest BCUT2D eigenvalue weighted by atomic mass is 9.65. The van der Waals surface area contributed by atoms with Crippen molar-refractivity contribution in [2.24, 2.45) is 29.4 Å². The maximum Gasteiger partial charge on any atom is 0.225 e. The molecule has 0 radical (unpaired) electrons. The number of carbonyl (C=O) groups is 2. The topological polar surface area (TPSA) is 75.4 Å². The van der Waals surface area contributed by atoms with Gasteiger partial charge in [-0.3, -0.25) is 9.59 Å². The first-order valence-electron chi connectivity index (χ1n) is 11.0. The Balaban J connectivity index is 0.00000225. The first-order chi connectivity index (χ1) is 13.1. The lowest BCUT2D eigenvalue weighted by molar-refractivity contribution is -0.136. The lowest BCUT2D eigenvalue weighted by Crippen LogP contribution is -2.50. The first kappa shape index (κ1) is 22.2. The minimum Gasteiger partial charge on any atom is -0.353 e. The van der Waals surface area contributed by atoms with Crippen LogP contribution in [0.3, 0.4) is 0 Å². The molecule has 0 aromatic heterocycles. The molecule has 2 unspecified atom stereocenters. The van der Waals surface area contributed by atoms with Gasteiger partial charge in [-0.05, 0) is 63.2 Å². The molecule has 4 aliphatic rings. The number of thioether (sulfide) groups is 1. The maximum absolute atomic E-state index is 12.8. The summed E-state index contributed by atoms with van der Waals surface area (Å²) in [5.41, 5.74) is 6.37. The molecule has 7 heteroatoms. The highest BCUT2D eigenvalue weighted by molar-refractivity contribution is 7.99. The van der Waals surface area contributed by atoms with E-state index in [1.54, 1.807) is 0 Å². The van der Waals surface area contributed by atoms with Crippen molar-refractivity contribution in [1.29, 1.82) is 0 Å². The Labute approximate surface area is 179 Å². The lowest BCUT2D eigenvalue weighted by Gasteiger charge is -2.44. The SMILES string of the molecule is Cl.NC1C2CCCC1CC(C(=O)NC1CCC(C(=O)N3CCSCC3)CC1)C2. The van der Waals surface area contributed by atoms with Crippen LogP contribution in [0.2, 0.25) is 0 Å². The summed E-state index contributed by atoms with van der Waals surface area (Å²) in [6, 6.07) is 0.575. The Bertz CT molecular complexity index is 536. The zero-order valence-electron chi connectivity index (χ0n) is 16.8. The fraction of sp³-hybridized carbons (Fsp3) is 0.905. The molecule has 2 atom stereocenters. The molecule has 4 fully saturated rings. The van der Waals surface area contributed by atoms with Crippen molar-refractivity contribution in [1.82, 2.24) is 10.2 Å². The van der Waals surface area contributed by atoms with E-state index in [9.17, 15) is 9.59 Å². The van der Waals surface area contributed by atoms with Crippen LogP contribution in [-0.2, 0) is 9.59 Å². The number of hydrogen-bond acceptors (Lipinski definition) is 4. The third kappa shape index (κ3) is 4.99. The monoisotopic (exact) mass is 429 g/mol. The summed E-state index contributed by atoms with van der Waals surface area (Å²) in [7, 11) is 0. The van der Waals surface area contributed by atoms with Gasteiger partial charge in [0.2, 0.25) is 11.8 Å². The highest BCUT2D eigenvalue weighted by atomic mass is 35.5. The van der Waals surface area contributed by atoms with Crippen molar-refractivity contribution in [3.8, 4) is 0 Å². The number of amides is 2. The van der Waals surface area contributed by atoms with Crippen molar-refractivity contribution in [3.05, 3.63) is 0 Å². The minimum absolute atomic E-state index is 0. The van der Waals surface area contributed by atoms with Gasteiger partial charge in [-0.1, -0.05) is 6.42 Å². The number of nitrogens with one attached hydrogen (secondary N) is 1. The van der Waals surface area contributed by atoms with E-state index >= 15 is 0 Å². The Morgan fingerprint density at radius 2 is 1.50 bits per heavy atom. The van der Waals surface area contributed by atoms with E-state index in [1.807, 2.05) is 11.8 Å². The van der Waals surface area contributed by atoms with Gasteiger partial charge in [0.15, 0.2) is 0 Å². The average molecular weight is 430 g/mol. The molecule has 2 bridgehead atoms. The predicted molar refractivity (Wildman–Crippen MR) is 117 cm³/mol. The van der Waals surface area contributed by atoms with Crippen LogP contribution in [0.25, 0.3) is 0 Å². The van der Waals surface area contributed by atoms with Gasteiger partial charge in [-0.2, -0.15) is 11.8 Å². The molecule has 0 aromatic rings. The van der Waals surface area contributed by atoms with Crippen LogP contribution >= 0.6 is 24.2 Å². The Kier molecular flexibility index (Phi) is 7.97. The third-order valence-corrected chi connectivity index (χ3v) is 8.47. The van der Waals surface area contributed by atoms with Crippen LogP contribution in [0.5, 0.6) is 0 Å². The summed E-state index contributed by atoms with van der Waals surface area (Å²) < 4.78 is 0. The van der Waals surface area contributed by atoms with Gasteiger partial charge >= 0.3 is 0 Å². The molecule has 5 nitrogen and oxygen atoms in total. The molecule has 1 heterocycles. The number of nitrogens with zero attached hydrogens (tertiary/aromatic N) is 1. The van der Waals surface area contributed by atoms with Crippen LogP contribution in [0, 0.1) is 23.7 Å². The number of hydrogen-bond donors (Lipinski definition) is 2. The van der Waals surface area contributed by atoms with E-state index in [4.69, 9.17) is 5.73 Å². The summed E-state index contributed by atoms with van der Waals surface area (Å²) in [6.45, 7) is 1.82. The van der Waals surface area contributed by atoms with E-state index < -0.39 is 0 Å². The fourth-order valence-electron chi connectivity index (χ4n) is 5.85. The molecule has 3 N–H and O–H groups in total. The van der Waals surface area contributed by atoms with Crippen molar-refractivity contribution in [2.75, 3.05) is 24.6 Å². The van der Waals surface area contributed by atoms with Gasteiger partial charge in [0.1, 0.15) is 0 Å². The highest BCUT2D eigenvalue weighted by Gasteiger charge is 2.41. The van der Waals surface area contributed by atoms with Crippen LogP contribution in [0.4, 0.5) is 0 Å². The molecule has 1 aliphatic heterocycles. The quantitative estimate of drug-likeness (QED) is 0.723. The minimum atomic E-state index is 0. The Morgan fingerprint density at radius 1 is 0.893 bits per heavy atom. The van der Waals surface area contributed by atoms with E-state index in [2.05, 4.69) is 10.2 Å². The van der Waals surface area contributed by atoms with Crippen LogP contribution < -0.4 is 11.1 Å². The number of carbonyl (C=O) groups excluding carboxylic acids is 2. The highest BCUT2D eigenvalue weighted by Crippen LogP contribution is 2.42. The van der Waals surface area contributed by atoms with Gasteiger partial charge in [0.25, 0.3) is 0 Å². The van der Waals surface area contributed by atoms with Gasteiger partial charge < -0.3 is 16.0 Å². The first-order valence-corrected chi connectivity index (χ1v) is 12.2. The van der Waals surface area contributed by atoms with Crippen molar-refractivity contribution >= 4 is 36.0 Å². The zero-order valence-corrected chi connectivity index (χ0v) is 18.4. The number of halogens is 1. The Morgan fingerprint density at radius 3 is 2.11 bits per heavy atom. The van der Waals surface area contributed by atoms with E-state index in [1.165, 1.54) is 19.3 Å². The molecule has 2 amide bonds. The molecule has 1 saturated heterocycles. The molecule has 0 aromatic carbocycles. The summed E-state index contributed by atoms with van der Waals surface area (Å²) >= 11 is 1.94. The average Bonchev–Trinajstić information content (AvgIpc) is 2.68. The fourth-order valence-corrected chi connectivity index (χ4v) is 6.75. The van der Waals surface area contributed by atoms with E-state index in [-0.39, 0.29) is 36.2 Å². The molecule has 0 spiro atoms. The number of nitrogens with two attached hydrogens (primary N) is 1. The van der Waals surface area contributed by atoms with Crippen molar-refractivity contribution < 1.29 is 9.59 Å². The summed E-state index contributed by atoms with van der Waals surface area (Å²) in [4.78, 5) is 27.6. The van der Waals surface area contributed by atoms with Crippen molar-refractivity contribution in [2.45, 2.75) is 69.9 Å². The second-order valence-corrected chi connectivity index (χ2v) is 10.4. The van der Waals surface area contributed by atoms with E-state index in [0.29, 0.717) is 23.8 Å². The predicted octanol–water partition coefficient (Wildman–Crippen LogP) is 2.81. The maximum atomic E-state index is 12.8. The molecule has 4 rings (SSSR count). The zero-order chi connectivity index (χ0) is 18.8. The van der Waals surface area contributed by atoms with Gasteiger partial charge in [-0.25, -0.2) is 0 Å². The van der Waals surface area contributed by atoms with Gasteiger partial charge in [0.05, 0.1) is 0 Å². The third-order valence-electron chi connectivity index (χ3n) is 7.53. The molecular weight excluding hydrogens is 394 g/mol. The van der Waals surface area contributed by atoms with Gasteiger partial charge in [0, 0.05) is 48.5 Å². The molecule has 160 valence electrons. The molecule has 28 heavy (non-hydrogen) atoms. The van der Waals surface area contributed by atoms with Crippen LogP contribution in [0.1, 0.15) is 57.8 Å². The second-order valence-electron chi connectivity index (χ2n) is 9.19. The summed E-state index contributed by atoms with van der Waals surface area (Å²) in [5, 5.41) is 3.32. The van der Waals surface area contributed by atoms with E-state index in [0.717, 1.165) is 63.1 Å². The standard InChI is InChI=1S/C21H35N3O2S.ClH/c22-19-15-2-1-3-16(19)13-17(12-15)20(25)23-18-6-4-14(5-7-18)21(26)24-8-10-27-11-9-24;/h14-19H,1-13,22H2,(H,23,25);1H. The Hall–Kier alpha value is -0.460. The van der Waals surface area contributed by atoms with Crippen LogP contribution in [0.15, 0.2) is 0 Å². The van der Waals surface area contributed by atoms with Gasteiger partial charge in [-0.15, -0.1) is 12.4 Å². The van der Waals surface area contributed by atoms with Crippen LogP contribution in [-0.4, -0.2) is 53.4 Å². The smallest absolute Gasteiger partial charge is 0.225 e. The molecule has 3 aliphatic carbocycles. The summed E-state index contributed by atoms with van der Waals surface area (Å²) in [6.07, 6.45) is 9.38. The largest absolute Gasteiger partial charge is 0.353 e. The molecular formula is C21H36ClN3O2S. The molecule has 3 saturated carbocycles. The second kappa shape index (κ2) is 10.0. The number of fused-ring (bicyclic) bond motifs is 2.